The molecule has 4 N–H and O–H groups in total. The zero-order valence-corrected chi connectivity index (χ0v) is 6.74. The van der Waals surface area contributed by atoms with Crippen LogP contribution in [0, 0.1) is 6.92 Å². The van der Waals surface area contributed by atoms with E-state index in [-0.39, 0.29) is 6.54 Å². The number of aryl methyl sites for hydroxylation is 1. The third kappa shape index (κ3) is 1.45. The molecule has 0 saturated heterocycles. The summed E-state index contributed by atoms with van der Waals surface area (Å²) in [5.74, 6) is -1.64. The Bertz CT molecular complexity index is 282. The molecule has 5 heteroatoms. The molecule has 0 amide bonds. The third-order valence-electron chi connectivity index (χ3n) is 1.73. The van der Waals surface area contributed by atoms with Crippen molar-refractivity contribution in [2.75, 3.05) is 6.54 Å². The van der Waals surface area contributed by atoms with E-state index in [1.54, 1.807) is 6.92 Å². The molecule has 0 fully saturated rings. The van der Waals surface area contributed by atoms with Crippen LogP contribution >= 0.6 is 0 Å². The third-order valence-corrected chi connectivity index (χ3v) is 1.73. The maximum atomic E-state index is 10.6. The van der Waals surface area contributed by atoms with Crippen molar-refractivity contribution in [3.8, 4) is 0 Å². The van der Waals surface area contributed by atoms with Crippen molar-refractivity contribution in [1.82, 2.24) is 9.97 Å². The molecule has 1 atom stereocenters. The van der Waals surface area contributed by atoms with Crippen molar-refractivity contribution in [1.29, 1.82) is 0 Å². The number of rotatable bonds is 3. The van der Waals surface area contributed by atoms with Crippen LogP contribution in [0.15, 0.2) is 6.33 Å². The number of aromatic amines is 1. The monoisotopic (exact) mass is 169 g/mol. The van der Waals surface area contributed by atoms with Crippen LogP contribution in [-0.2, 0) is 4.79 Å². The quantitative estimate of drug-likeness (QED) is 0.586. The Labute approximate surface area is 69.6 Å². The van der Waals surface area contributed by atoms with Crippen molar-refractivity contribution in [3.63, 3.8) is 0 Å². The highest BCUT2D eigenvalue weighted by Gasteiger charge is 2.21. The van der Waals surface area contributed by atoms with Gasteiger partial charge in [0.25, 0.3) is 0 Å². The molecule has 0 aromatic carbocycles. The van der Waals surface area contributed by atoms with E-state index in [2.05, 4.69) is 9.97 Å². The van der Waals surface area contributed by atoms with Gasteiger partial charge in [-0.1, -0.05) is 0 Å². The van der Waals surface area contributed by atoms with E-state index in [1.165, 1.54) is 6.33 Å². The van der Waals surface area contributed by atoms with Gasteiger partial charge >= 0.3 is 5.97 Å². The number of aromatic nitrogens is 2. The van der Waals surface area contributed by atoms with Gasteiger partial charge in [0, 0.05) is 12.2 Å². The van der Waals surface area contributed by atoms with Gasteiger partial charge < -0.3 is 15.8 Å². The summed E-state index contributed by atoms with van der Waals surface area (Å²) < 4.78 is 0. The number of nitrogens with zero attached hydrogens (tertiary/aromatic N) is 1. The summed E-state index contributed by atoms with van der Waals surface area (Å²) in [6, 6.07) is 0. The Balaban J connectivity index is 2.94. The largest absolute Gasteiger partial charge is 0.481 e. The molecule has 0 aliphatic heterocycles. The number of carboxylic acids is 1. The molecule has 0 saturated carbocycles. The van der Waals surface area contributed by atoms with Gasteiger partial charge in [0.15, 0.2) is 0 Å². The molecule has 1 aromatic heterocycles. The van der Waals surface area contributed by atoms with Gasteiger partial charge in [0.1, 0.15) is 5.92 Å². The minimum atomic E-state index is -0.937. The second-order valence-electron chi connectivity index (χ2n) is 2.54. The minimum Gasteiger partial charge on any atom is -0.481 e. The standard InChI is InChI=1S/C7H11N3O2/c1-4-6(10-3-9-4)5(2-8)7(11)12/h3,5H,2,8H2,1H3,(H,9,10)(H,11,12). The maximum absolute atomic E-state index is 10.6. The second-order valence-corrected chi connectivity index (χ2v) is 2.54. The Kier molecular flexibility index (Phi) is 2.44. The molecular formula is C7H11N3O2. The summed E-state index contributed by atoms with van der Waals surface area (Å²) in [6.07, 6.45) is 1.47. The van der Waals surface area contributed by atoms with Gasteiger partial charge in [0.2, 0.25) is 0 Å². The SMILES string of the molecule is Cc1[nH]cnc1C(CN)C(=O)O. The first-order valence-corrected chi connectivity index (χ1v) is 3.59. The number of imidazole rings is 1. The van der Waals surface area contributed by atoms with Crippen molar-refractivity contribution >= 4 is 5.97 Å². The number of nitrogens with two attached hydrogens (primary N) is 1. The van der Waals surface area contributed by atoms with Gasteiger partial charge in [-0.25, -0.2) is 4.98 Å². The summed E-state index contributed by atoms with van der Waals surface area (Å²) in [4.78, 5) is 17.3. The van der Waals surface area contributed by atoms with Crippen molar-refractivity contribution in [2.45, 2.75) is 12.8 Å². The van der Waals surface area contributed by atoms with Gasteiger partial charge in [-0.15, -0.1) is 0 Å². The first-order valence-electron chi connectivity index (χ1n) is 3.59. The predicted octanol–water partition coefficient (Wildman–Crippen LogP) is -0.155. The van der Waals surface area contributed by atoms with Crippen molar-refractivity contribution in [2.24, 2.45) is 5.73 Å². The van der Waals surface area contributed by atoms with Crippen LogP contribution in [0.2, 0.25) is 0 Å². The van der Waals surface area contributed by atoms with E-state index in [1.807, 2.05) is 0 Å². The Hall–Kier alpha value is -1.36. The van der Waals surface area contributed by atoms with Crippen LogP contribution in [0.4, 0.5) is 0 Å². The van der Waals surface area contributed by atoms with Crippen LogP contribution in [0.25, 0.3) is 0 Å². The average Bonchev–Trinajstić information content (AvgIpc) is 2.38. The Morgan fingerprint density at radius 2 is 2.58 bits per heavy atom. The fourth-order valence-corrected chi connectivity index (χ4v) is 1.05. The number of hydrogen-bond acceptors (Lipinski definition) is 3. The van der Waals surface area contributed by atoms with E-state index in [9.17, 15) is 4.79 Å². The van der Waals surface area contributed by atoms with E-state index < -0.39 is 11.9 Å². The van der Waals surface area contributed by atoms with Gasteiger partial charge in [-0.3, -0.25) is 4.79 Å². The van der Waals surface area contributed by atoms with Crippen LogP contribution in [0.5, 0.6) is 0 Å². The molecule has 1 heterocycles. The second kappa shape index (κ2) is 3.36. The smallest absolute Gasteiger partial charge is 0.313 e. The number of carboxylic acid groups (broad SMARTS) is 1. The lowest BCUT2D eigenvalue weighted by Crippen LogP contribution is -2.22. The molecule has 1 rings (SSSR count). The number of H-pyrrole nitrogens is 1. The number of nitrogens with one attached hydrogen (secondary N) is 1. The molecular weight excluding hydrogens is 158 g/mol. The summed E-state index contributed by atoms with van der Waals surface area (Å²) in [6.45, 7) is 1.84. The lowest BCUT2D eigenvalue weighted by atomic mass is 10.1. The molecule has 12 heavy (non-hydrogen) atoms. The number of aliphatic carboxylic acids is 1. The lowest BCUT2D eigenvalue weighted by molar-refractivity contribution is -0.138. The minimum absolute atomic E-state index is 0.0705. The van der Waals surface area contributed by atoms with Crippen LogP contribution in [-0.4, -0.2) is 27.6 Å². The highest BCUT2D eigenvalue weighted by atomic mass is 16.4. The van der Waals surface area contributed by atoms with Crippen LogP contribution in [0.1, 0.15) is 17.3 Å². The number of carbonyl (C=O) groups is 1. The molecule has 0 aliphatic rings. The first kappa shape index (κ1) is 8.73. The van der Waals surface area contributed by atoms with E-state index in [0.29, 0.717) is 5.69 Å². The Morgan fingerprint density at radius 1 is 1.92 bits per heavy atom. The summed E-state index contributed by atoms with van der Waals surface area (Å²) in [5, 5.41) is 8.74. The fourth-order valence-electron chi connectivity index (χ4n) is 1.05. The zero-order chi connectivity index (χ0) is 9.14. The molecule has 5 nitrogen and oxygen atoms in total. The molecule has 1 aromatic rings. The zero-order valence-electron chi connectivity index (χ0n) is 6.74. The molecule has 0 radical (unpaired) electrons. The summed E-state index contributed by atoms with van der Waals surface area (Å²) in [7, 11) is 0. The Morgan fingerprint density at radius 3 is 2.92 bits per heavy atom. The lowest BCUT2D eigenvalue weighted by Gasteiger charge is -2.06. The normalized spacial score (nSPS) is 12.8. The molecule has 0 aliphatic carbocycles. The van der Waals surface area contributed by atoms with Gasteiger partial charge in [0.05, 0.1) is 12.0 Å². The fraction of sp³-hybridized carbons (Fsp3) is 0.429. The van der Waals surface area contributed by atoms with Crippen molar-refractivity contribution in [3.05, 3.63) is 17.7 Å². The molecule has 66 valence electrons. The van der Waals surface area contributed by atoms with E-state index in [0.717, 1.165) is 5.69 Å². The molecule has 0 spiro atoms. The van der Waals surface area contributed by atoms with Crippen LogP contribution < -0.4 is 5.73 Å². The van der Waals surface area contributed by atoms with Crippen LogP contribution in [0.3, 0.4) is 0 Å². The maximum Gasteiger partial charge on any atom is 0.313 e. The summed E-state index contributed by atoms with van der Waals surface area (Å²) in [5.41, 5.74) is 6.57. The summed E-state index contributed by atoms with van der Waals surface area (Å²) >= 11 is 0. The van der Waals surface area contributed by atoms with Gasteiger partial charge in [-0.05, 0) is 6.92 Å². The first-order chi connectivity index (χ1) is 5.66. The predicted molar refractivity (Wildman–Crippen MR) is 42.8 cm³/mol. The average molecular weight is 169 g/mol. The number of hydrogen-bond donors (Lipinski definition) is 3. The van der Waals surface area contributed by atoms with Crippen molar-refractivity contribution < 1.29 is 9.90 Å². The van der Waals surface area contributed by atoms with E-state index >= 15 is 0 Å². The highest BCUT2D eigenvalue weighted by Crippen LogP contribution is 2.14. The highest BCUT2D eigenvalue weighted by molar-refractivity contribution is 5.76. The molecule has 0 bridgehead atoms. The van der Waals surface area contributed by atoms with Gasteiger partial charge in [-0.2, -0.15) is 0 Å². The topological polar surface area (TPSA) is 92.0 Å². The molecule has 1 unspecified atom stereocenters. The van der Waals surface area contributed by atoms with E-state index in [4.69, 9.17) is 10.8 Å².